The Hall–Kier alpha value is -1.02. The molecule has 1 aromatic carbocycles. The van der Waals surface area contributed by atoms with E-state index in [9.17, 15) is 5.11 Å². The molecule has 2 rings (SSSR count). The fraction of sp³-hybridized carbons (Fsp3) is 0.538. The second-order valence-corrected chi connectivity index (χ2v) is 5.07. The average Bonchev–Trinajstić information content (AvgIpc) is 2.40. The van der Waals surface area contributed by atoms with E-state index in [1.165, 1.54) is 11.3 Å². The lowest BCUT2D eigenvalue weighted by Gasteiger charge is -2.34. The van der Waals surface area contributed by atoms with Crippen LogP contribution in [0.5, 0.6) is 0 Å². The van der Waals surface area contributed by atoms with Crippen LogP contribution in [0.3, 0.4) is 0 Å². The molecule has 1 saturated heterocycles. The van der Waals surface area contributed by atoms with Crippen molar-refractivity contribution >= 4 is 5.69 Å². The first-order valence-electron chi connectivity index (χ1n) is 5.52. The van der Waals surface area contributed by atoms with E-state index in [2.05, 4.69) is 49.9 Å². The zero-order valence-electron chi connectivity index (χ0n) is 9.70. The Kier molecular flexibility index (Phi) is 2.47. The molecule has 1 unspecified atom stereocenters. The van der Waals surface area contributed by atoms with Gasteiger partial charge < -0.3 is 10.0 Å². The molecule has 1 fully saturated rings. The first kappa shape index (κ1) is 10.5. The third-order valence-corrected chi connectivity index (χ3v) is 3.27. The summed E-state index contributed by atoms with van der Waals surface area (Å²) in [6, 6.07) is 8.37. The summed E-state index contributed by atoms with van der Waals surface area (Å²) in [5.74, 6) is 0. The quantitative estimate of drug-likeness (QED) is 0.760. The van der Waals surface area contributed by atoms with E-state index in [0.717, 1.165) is 13.0 Å². The SMILES string of the molecule is Cc1ccccc1N1CC(O)CC1(C)C. The van der Waals surface area contributed by atoms with Crippen LogP contribution in [0.2, 0.25) is 0 Å². The predicted molar refractivity (Wildman–Crippen MR) is 63.2 cm³/mol. The van der Waals surface area contributed by atoms with Crippen LogP contribution in [-0.4, -0.2) is 23.3 Å². The second-order valence-electron chi connectivity index (χ2n) is 5.07. The van der Waals surface area contributed by atoms with E-state index in [1.54, 1.807) is 0 Å². The summed E-state index contributed by atoms with van der Waals surface area (Å²) in [4.78, 5) is 2.31. The minimum atomic E-state index is -0.195. The summed E-state index contributed by atoms with van der Waals surface area (Å²) >= 11 is 0. The summed E-state index contributed by atoms with van der Waals surface area (Å²) in [5, 5.41) is 9.75. The van der Waals surface area contributed by atoms with Gasteiger partial charge in [-0.05, 0) is 38.8 Å². The third-order valence-electron chi connectivity index (χ3n) is 3.27. The maximum absolute atomic E-state index is 9.75. The molecule has 0 bridgehead atoms. The van der Waals surface area contributed by atoms with Crippen LogP contribution in [0, 0.1) is 6.92 Å². The molecule has 0 spiro atoms. The fourth-order valence-corrected chi connectivity index (χ4v) is 2.50. The Morgan fingerprint density at radius 3 is 2.53 bits per heavy atom. The second kappa shape index (κ2) is 3.53. The molecule has 2 nitrogen and oxygen atoms in total. The Morgan fingerprint density at radius 1 is 1.33 bits per heavy atom. The molecule has 1 atom stereocenters. The van der Waals surface area contributed by atoms with Gasteiger partial charge >= 0.3 is 0 Å². The third kappa shape index (κ3) is 1.86. The van der Waals surface area contributed by atoms with Crippen molar-refractivity contribution in [1.82, 2.24) is 0 Å². The van der Waals surface area contributed by atoms with Gasteiger partial charge in [0.15, 0.2) is 0 Å². The van der Waals surface area contributed by atoms with Gasteiger partial charge in [0.05, 0.1) is 6.10 Å². The van der Waals surface area contributed by atoms with Gasteiger partial charge in [-0.25, -0.2) is 0 Å². The molecule has 2 heteroatoms. The first-order chi connectivity index (χ1) is 7.00. The summed E-state index contributed by atoms with van der Waals surface area (Å²) in [7, 11) is 0. The number of hydrogen-bond acceptors (Lipinski definition) is 2. The standard InChI is InChI=1S/C13H19NO/c1-10-6-4-5-7-12(10)14-9-11(15)8-13(14,2)3/h4-7,11,15H,8-9H2,1-3H3. The lowest BCUT2D eigenvalue weighted by molar-refractivity contribution is 0.188. The normalized spacial score (nSPS) is 24.5. The van der Waals surface area contributed by atoms with Crippen molar-refractivity contribution in [2.45, 2.75) is 38.8 Å². The number of aliphatic hydroxyl groups is 1. The van der Waals surface area contributed by atoms with Crippen LogP contribution in [0.1, 0.15) is 25.8 Å². The summed E-state index contributed by atoms with van der Waals surface area (Å²) in [6.07, 6.45) is 0.654. The van der Waals surface area contributed by atoms with Crippen molar-refractivity contribution < 1.29 is 5.11 Å². The van der Waals surface area contributed by atoms with Crippen LogP contribution < -0.4 is 4.90 Å². The fourth-order valence-electron chi connectivity index (χ4n) is 2.50. The van der Waals surface area contributed by atoms with Gasteiger partial charge in [0.25, 0.3) is 0 Å². The maximum atomic E-state index is 9.75. The predicted octanol–water partition coefficient (Wildman–Crippen LogP) is 2.34. The largest absolute Gasteiger partial charge is 0.391 e. The number of β-amino-alcohol motifs (C(OH)–C–C–N with tert-alkyl or cyclic N) is 1. The van der Waals surface area contributed by atoms with Crippen molar-refractivity contribution in [2.24, 2.45) is 0 Å². The Bertz CT molecular complexity index is 359. The monoisotopic (exact) mass is 205 g/mol. The van der Waals surface area contributed by atoms with Gasteiger partial charge in [-0.3, -0.25) is 0 Å². The molecular formula is C13H19NO. The highest BCUT2D eigenvalue weighted by Gasteiger charge is 2.37. The maximum Gasteiger partial charge on any atom is 0.0737 e. The number of hydrogen-bond donors (Lipinski definition) is 1. The number of anilines is 1. The van der Waals surface area contributed by atoms with Crippen molar-refractivity contribution in [2.75, 3.05) is 11.4 Å². The molecular weight excluding hydrogens is 186 g/mol. The molecule has 0 saturated carbocycles. The molecule has 1 aromatic rings. The van der Waals surface area contributed by atoms with Gasteiger partial charge in [-0.15, -0.1) is 0 Å². The molecule has 0 radical (unpaired) electrons. The number of aliphatic hydroxyl groups excluding tert-OH is 1. The molecule has 0 amide bonds. The van der Waals surface area contributed by atoms with E-state index in [0.29, 0.717) is 0 Å². The van der Waals surface area contributed by atoms with Crippen LogP contribution in [0.4, 0.5) is 5.69 Å². The molecule has 0 aromatic heterocycles. The highest BCUT2D eigenvalue weighted by atomic mass is 16.3. The van der Waals surface area contributed by atoms with E-state index >= 15 is 0 Å². The highest BCUT2D eigenvalue weighted by Crippen LogP contribution is 2.35. The van der Waals surface area contributed by atoms with E-state index < -0.39 is 0 Å². The lowest BCUT2D eigenvalue weighted by atomic mass is 10.00. The zero-order valence-corrected chi connectivity index (χ0v) is 9.70. The topological polar surface area (TPSA) is 23.5 Å². The van der Waals surface area contributed by atoms with Crippen molar-refractivity contribution in [3.63, 3.8) is 0 Å². The summed E-state index contributed by atoms with van der Waals surface area (Å²) < 4.78 is 0. The number of aryl methyl sites for hydroxylation is 1. The smallest absolute Gasteiger partial charge is 0.0737 e. The van der Waals surface area contributed by atoms with Gasteiger partial charge in [-0.2, -0.15) is 0 Å². The number of benzene rings is 1. The van der Waals surface area contributed by atoms with Crippen LogP contribution in [0.25, 0.3) is 0 Å². The van der Waals surface area contributed by atoms with Gasteiger partial charge in [-0.1, -0.05) is 18.2 Å². The van der Waals surface area contributed by atoms with Gasteiger partial charge in [0.1, 0.15) is 0 Å². The van der Waals surface area contributed by atoms with E-state index in [-0.39, 0.29) is 11.6 Å². The zero-order chi connectivity index (χ0) is 11.1. The number of para-hydroxylation sites is 1. The lowest BCUT2D eigenvalue weighted by Crippen LogP contribution is -2.38. The molecule has 15 heavy (non-hydrogen) atoms. The first-order valence-corrected chi connectivity index (χ1v) is 5.52. The molecule has 82 valence electrons. The number of rotatable bonds is 1. The average molecular weight is 205 g/mol. The van der Waals surface area contributed by atoms with Crippen LogP contribution in [0.15, 0.2) is 24.3 Å². The van der Waals surface area contributed by atoms with Crippen molar-refractivity contribution in [3.05, 3.63) is 29.8 Å². The molecule has 1 aliphatic heterocycles. The van der Waals surface area contributed by atoms with Crippen molar-refractivity contribution in [3.8, 4) is 0 Å². The molecule has 1 heterocycles. The van der Waals surface area contributed by atoms with Gasteiger partial charge in [0, 0.05) is 17.8 Å². The van der Waals surface area contributed by atoms with Crippen molar-refractivity contribution in [1.29, 1.82) is 0 Å². The highest BCUT2D eigenvalue weighted by molar-refractivity contribution is 5.56. The van der Waals surface area contributed by atoms with E-state index in [4.69, 9.17) is 0 Å². The number of nitrogens with zero attached hydrogens (tertiary/aromatic N) is 1. The Balaban J connectivity index is 2.36. The Labute approximate surface area is 91.5 Å². The molecule has 1 N–H and O–H groups in total. The summed E-state index contributed by atoms with van der Waals surface area (Å²) in [5.41, 5.74) is 2.59. The summed E-state index contributed by atoms with van der Waals surface area (Å²) in [6.45, 7) is 7.25. The van der Waals surface area contributed by atoms with Gasteiger partial charge in [0.2, 0.25) is 0 Å². The van der Waals surface area contributed by atoms with E-state index in [1.807, 2.05) is 0 Å². The Morgan fingerprint density at radius 2 is 2.00 bits per heavy atom. The minimum absolute atomic E-state index is 0.0610. The molecule has 0 aliphatic carbocycles. The van der Waals surface area contributed by atoms with Crippen LogP contribution >= 0.6 is 0 Å². The van der Waals surface area contributed by atoms with Crippen LogP contribution in [-0.2, 0) is 0 Å². The minimum Gasteiger partial charge on any atom is -0.391 e. The molecule has 1 aliphatic rings.